The highest BCUT2D eigenvalue weighted by Gasteiger charge is 2.26. The third kappa shape index (κ3) is 6.40. The van der Waals surface area contributed by atoms with Crippen LogP contribution in [0.2, 0.25) is 0 Å². The van der Waals surface area contributed by atoms with Crippen LogP contribution in [0.15, 0.2) is 58.4 Å². The van der Waals surface area contributed by atoms with Crippen molar-refractivity contribution in [2.24, 2.45) is 0 Å². The smallest absolute Gasteiger partial charge is 0.341 e. The monoisotopic (exact) mass is 477 g/mol. The maximum atomic E-state index is 12.6. The van der Waals surface area contributed by atoms with E-state index in [2.05, 4.69) is 21.2 Å². The Morgan fingerprint density at radius 3 is 2.52 bits per heavy atom. The van der Waals surface area contributed by atoms with Gasteiger partial charge in [-0.3, -0.25) is 4.79 Å². The molecule has 0 spiro atoms. The fourth-order valence-electron chi connectivity index (χ4n) is 2.34. The van der Waals surface area contributed by atoms with Gasteiger partial charge in [0.1, 0.15) is 10.6 Å². The zero-order valence-corrected chi connectivity index (χ0v) is 18.3. The van der Waals surface area contributed by atoms with Gasteiger partial charge in [0.05, 0.1) is 10.4 Å². The van der Waals surface area contributed by atoms with Crippen LogP contribution in [-0.2, 0) is 19.1 Å². The zero-order chi connectivity index (χ0) is 21.2. The van der Waals surface area contributed by atoms with E-state index in [1.54, 1.807) is 19.1 Å². The third-order valence-electron chi connectivity index (χ3n) is 3.54. The van der Waals surface area contributed by atoms with Crippen LogP contribution >= 0.6 is 27.3 Å². The quantitative estimate of drug-likeness (QED) is 0.329. The Labute approximate surface area is 181 Å². The molecule has 0 bridgehead atoms. The Balaban J connectivity index is 2.23. The van der Waals surface area contributed by atoms with E-state index in [-0.39, 0.29) is 12.2 Å². The summed E-state index contributed by atoms with van der Waals surface area (Å²) in [6, 6.07) is 9.30. The maximum absolute atomic E-state index is 12.6. The minimum absolute atomic E-state index is 0.198. The summed E-state index contributed by atoms with van der Waals surface area (Å²) in [5.74, 6) is -1.74. The van der Waals surface area contributed by atoms with E-state index in [0.717, 1.165) is 5.56 Å². The number of ether oxygens (including phenoxy) is 2. The summed E-state index contributed by atoms with van der Waals surface area (Å²) < 4.78 is 10.7. The average Bonchev–Trinajstić information content (AvgIpc) is 3.03. The van der Waals surface area contributed by atoms with Crippen LogP contribution in [0.1, 0.15) is 24.2 Å². The Morgan fingerprint density at radius 1 is 1.14 bits per heavy atom. The summed E-state index contributed by atoms with van der Waals surface area (Å²) in [4.78, 5) is 36.4. The van der Waals surface area contributed by atoms with Gasteiger partial charge < -0.3 is 14.8 Å². The van der Waals surface area contributed by atoms with Crippen molar-refractivity contribution in [1.82, 2.24) is 0 Å². The molecule has 8 heteroatoms. The molecule has 1 heterocycles. The first kappa shape index (κ1) is 22.6. The topological polar surface area (TPSA) is 81.7 Å². The van der Waals surface area contributed by atoms with Crippen LogP contribution in [0.25, 0.3) is 11.1 Å². The number of rotatable bonds is 8. The van der Waals surface area contributed by atoms with Gasteiger partial charge in [0.2, 0.25) is 0 Å². The Kier molecular flexibility index (Phi) is 8.82. The summed E-state index contributed by atoms with van der Waals surface area (Å²) in [6.45, 7) is 3.25. The van der Waals surface area contributed by atoms with Crippen molar-refractivity contribution < 1.29 is 23.9 Å². The molecule has 0 radical (unpaired) electrons. The summed E-state index contributed by atoms with van der Waals surface area (Å²) in [5, 5.41) is 2.96. The van der Waals surface area contributed by atoms with Crippen molar-refractivity contribution in [2.45, 2.75) is 13.8 Å². The molecule has 0 unspecified atom stereocenters. The van der Waals surface area contributed by atoms with Gasteiger partial charge in [-0.1, -0.05) is 48.6 Å². The fourth-order valence-corrected chi connectivity index (χ4v) is 4.21. The van der Waals surface area contributed by atoms with Gasteiger partial charge >= 0.3 is 11.9 Å². The predicted molar refractivity (Wildman–Crippen MR) is 117 cm³/mol. The molecule has 0 atom stereocenters. The zero-order valence-electron chi connectivity index (χ0n) is 15.9. The van der Waals surface area contributed by atoms with Crippen molar-refractivity contribution in [3.63, 3.8) is 0 Å². The van der Waals surface area contributed by atoms with E-state index in [1.165, 1.54) is 23.5 Å². The van der Waals surface area contributed by atoms with Crippen molar-refractivity contribution in [3.8, 4) is 11.1 Å². The van der Waals surface area contributed by atoms with Gasteiger partial charge in [0.25, 0.3) is 5.91 Å². The fraction of sp³-hybridized carbons (Fsp3) is 0.190. The van der Waals surface area contributed by atoms with Gasteiger partial charge in [-0.05, 0) is 35.3 Å². The lowest BCUT2D eigenvalue weighted by atomic mass is 10.0. The molecule has 1 N–H and O–H groups in total. The van der Waals surface area contributed by atoms with Crippen LogP contribution < -0.4 is 5.32 Å². The number of amides is 1. The summed E-state index contributed by atoms with van der Waals surface area (Å²) in [7, 11) is 0. The number of nitrogens with one attached hydrogen (secondary N) is 1. The van der Waals surface area contributed by atoms with Crippen LogP contribution in [-0.4, -0.2) is 31.1 Å². The van der Waals surface area contributed by atoms with Crippen molar-refractivity contribution in [1.29, 1.82) is 0 Å². The van der Waals surface area contributed by atoms with Gasteiger partial charge in [0.15, 0.2) is 6.61 Å². The second-order valence-electron chi connectivity index (χ2n) is 5.58. The minimum Gasteiger partial charge on any atom is -0.462 e. The standard InChI is InChI=1S/C21H20BrNO5S/c1-3-5-7-12-16(25)28-13-15(24)23-20-18(21(26)27-4-2)17(19(22)29-20)14-10-8-6-9-11-14/h3,5-12H,4,13H2,1-2H3,(H,23,24)/b5-3+,12-7+. The van der Waals surface area contributed by atoms with E-state index >= 15 is 0 Å². The van der Waals surface area contributed by atoms with Crippen LogP contribution in [0.4, 0.5) is 5.00 Å². The molecule has 1 aromatic carbocycles. The molecule has 152 valence electrons. The Morgan fingerprint density at radius 2 is 1.86 bits per heavy atom. The number of carbonyl (C=O) groups excluding carboxylic acids is 3. The summed E-state index contributed by atoms with van der Waals surface area (Å²) >= 11 is 4.66. The number of esters is 2. The van der Waals surface area contributed by atoms with Crippen LogP contribution in [0.3, 0.4) is 0 Å². The first-order chi connectivity index (χ1) is 14.0. The van der Waals surface area contributed by atoms with Crippen LogP contribution in [0.5, 0.6) is 0 Å². The lowest BCUT2D eigenvalue weighted by molar-refractivity contribution is -0.142. The highest BCUT2D eigenvalue weighted by atomic mass is 79.9. The largest absolute Gasteiger partial charge is 0.462 e. The molecular weight excluding hydrogens is 458 g/mol. The molecule has 1 amide bonds. The highest BCUT2D eigenvalue weighted by Crippen LogP contribution is 2.44. The number of carbonyl (C=O) groups is 3. The van der Waals surface area contributed by atoms with Crippen molar-refractivity contribution in [2.75, 3.05) is 18.5 Å². The van der Waals surface area contributed by atoms with Gasteiger partial charge in [-0.15, -0.1) is 11.3 Å². The molecule has 2 aromatic rings. The number of hydrogen-bond donors (Lipinski definition) is 1. The molecule has 0 aliphatic rings. The van der Waals surface area contributed by atoms with Gasteiger partial charge in [-0.25, -0.2) is 9.59 Å². The van der Waals surface area contributed by atoms with Gasteiger partial charge in [-0.2, -0.15) is 0 Å². The predicted octanol–water partition coefficient (Wildman–Crippen LogP) is 4.97. The second kappa shape index (κ2) is 11.3. The first-order valence-electron chi connectivity index (χ1n) is 8.78. The summed E-state index contributed by atoms with van der Waals surface area (Å²) in [6.07, 6.45) is 6.15. The highest BCUT2D eigenvalue weighted by molar-refractivity contribution is 9.11. The lowest BCUT2D eigenvalue weighted by Crippen LogP contribution is -2.21. The number of allylic oxidation sites excluding steroid dienone is 3. The summed E-state index contributed by atoms with van der Waals surface area (Å²) in [5.41, 5.74) is 1.69. The first-order valence-corrected chi connectivity index (χ1v) is 10.4. The third-order valence-corrected chi connectivity index (χ3v) is 5.32. The molecule has 2 rings (SSSR count). The SMILES string of the molecule is C/C=C/C=C/C(=O)OCC(=O)Nc1sc(Br)c(-c2ccccc2)c1C(=O)OCC. The molecule has 0 saturated carbocycles. The number of thiophene rings is 1. The number of halogens is 1. The molecule has 0 fully saturated rings. The van der Waals surface area contributed by atoms with E-state index in [1.807, 2.05) is 37.3 Å². The average molecular weight is 478 g/mol. The maximum Gasteiger partial charge on any atom is 0.341 e. The van der Waals surface area contributed by atoms with E-state index in [0.29, 0.717) is 14.4 Å². The van der Waals surface area contributed by atoms with Crippen molar-refractivity contribution >= 4 is 50.1 Å². The molecule has 29 heavy (non-hydrogen) atoms. The molecule has 0 aliphatic carbocycles. The minimum atomic E-state index is -0.638. The molecular formula is C21H20BrNO5S. The van der Waals surface area contributed by atoms with E-state index in [4.69, 9.17) is 9.47 Å². The number of anilines is 1. The lowest BCUT2D eigenvalue weighted by Gasteiger charge is -2.09. The Bertz CT molecular complexity index is 934. The molecule has 1 aromatic heterocycles. The molecule has 0 saturated heterocycles. The second-order valence-corrected chi connectivity index (χ2v) is 7.92. The normalized spacial score (nSPS) is 11.0. The van der Waals surface area contributed by atoms with E-state index < -0.39 is 24.5 Å². The Hall–Kier alpha value is -2.71. The number of benzene rings is 1. The molecule has 0 aliphatic heterocycles. The molecule has 6 nitrogen and oxygen atoms in total. The van der Waals surface area contributed by atoms with Gasteiger partial charge in [0, 0.05) is 11.6 Å². The van der Waals surface area contributed by atoms with Crippen molar-refractivity contribution in [3.05, 3.63) is 64.0 Å². The van der Waals surface area contributed by atoms with Crippen LogP contribution in [0, 0.1) is 0 Å². The number of hydrogen-bond acceptors (Lipinski definition) is 6. The van der Waals surface area contributed by atoms with E-state index in [9.17, 15) is 14.4 Å².